The van der Waals surface area contributed by atoms with Gasteiger partial charge in [-0.15, -0.1) is 0 Å². The van der Waals surface area contributed by atoms with Crippen LogP contribution in [0.5, 0.6) is 5.88 Å². The maximum atomic E-state index is 11.6. The number of anilines is 1. The lowest BCUT2D eigenvalue weighted by molar-refractivity contribution is -0.0592. The molecule has 4 heterocycles. The highest BCUT2D eigenvalue weighted by Gasteiger charge is 2.25. The summed E-state index contributed by atoms with van der Waals surface area (Å²) in [5.41, 5.74) is 3.05. The molecule has 9 nitrogen and oxygen atoms in total. The highest BCUT2D eigenvalue weighted by atomic mass is 16.5. The number of hydrogen-bond donors (Lipinski definition) is 1. The van der Waals surface area contributed by atoms with E-state index >= 15 is 0 Å². The Morgan fingerprint density at radius 2 is 1.74 bits per heavy atom. The van der Waals surface area contributed by atoms with E-state index in [4.69, 9.17) is 19.4 Å². The van der Waals surface area contributed by atoms with Gasteiger partial charge in [0.2, 0.25) is 5.88 Å². The van der Waals surface area contributed by atoms with Gasteiger partial charge in [0, 0.05) is 38.2 Å². The summed E-state index contributed by atoms with van der Waals surface area (Å²) in [5, 5.41) is 11.7. The van der Waals surface area contributed by atoms with Gasteiger partial charge >= 0.3 is 5.97 Å². The van der Waals surface area contributed by atoms with Crippen LogP contribution in [0, 0.1) is 0 Å². The maximum absolute atomic E-state index is 11.6. The molecule has 2 aliphatic heterocycles. The van der Waals surface area contributed by atoms with Gasteiger partial charge in [-0.25, -0.2) is 9.78 Å². The van der Waals surface area contributed by atoms with E-state index in [1.54, 1.807) is 18.2 Å². The van der Waals surface area contributed by atoms with Gasteiger partial charge in [0.15, 0.2) is 0 Å². The molecule has 7 rings (SSSR count). The molecule has 0 unspecified atom stereocenters. The average Bonchev–Trinajstić information content (AvgIpc) is 3.34. The zero-order valence-electron chi connectivity index (χ0n) is 23.4. The highest BCUT2D eigenvalue weighted by molar-refractivity contribution is 5.92. The van der Waals surface area contributed by atoms with Crippen LogP contribution in [0.25, 0.3) is 21.8 Å². The predicted octanol–water partition coefficient (Wildman–Crippen LogP) is 4.97. The summed E-state index contributed by atoms with van der Waals surface area (Å²) in [6.07, 6.45) is 1.15. The minimum Gasteiger partial charge on any atom is -0.478 e. The van der Waals surface area contributed by atoms with Crippen molar-refractivity contribution in [3.8, 4) is 5.88 Å². The van der Waals surface area contributed by atoms with Crippen molar-refractivity contribution in [2.75, 3.05) is 37.7 Å². The summed E-state index contributed by atoms with van der Waals surface area (Å²) in [5.74, 6) is 1.59. The Kier molecular flexibility index (Phi) is 7.19. The van der Waals surface area contributed by atoms with Gasteiger partial charge in [0.25, 0.3) is 0 Å². The molecular weight excluding hydrogens is 530 g/mol. The number of rotatable bonds is 9. The van der Waals surface area contributed by atoms with Crippen molar-refractivity contribution in [2.45, 2.75) is 32.2 Å². The summed E-state index contributed by atoms with van der Waals surface area (Å²) in [4.78, 5) is 26.2. The van der Waals surface area contributed by atoms with Crippen LogP contribution < -0.4 is 9.64 Å². The van der Waals surface area contributed by atoms with Gasteiger partial charge in [0.05, 0.1) is 35.8 Å². The van der Waals surface area contributed by atoms with Crippen molar-refractivity contribution in [3.05, 3.63) is 95.8 Å². The van der Waals surface area contributed by atoms with Crippen LogP contribution in [0.4, 0.5) is 5.82 Å². The summed E-state index contributed by atoms with van der Waals surface area (Å²) in [6, 6.07) is 25.7. The van der Waals surface area contributed by atoms with E-state index in [0.717, 1.165) is 78.2 Å². The quantitative estimate of drug-likeness (QED) is 0.269. The number of piperazine rings is 1. The molecule has 1 N–H and O–H groups in total. The molecule has 3 aromatic carbocycles. The number of hydrogen-bond acceptors (Lipinski definition) is 7. The van der Waals surface area contributed by atoms with Gasteiger partial charge in [-0.1, -0.05) is 48.5 Å². The third-order valence-electron chi connectivity index (χ3n) is 8.23. The van der Waals surface area contributed by atoms with Crippen LogP contribution in [-0.2, 0) is 24.4 Å². The zero-order chi connectivity index (χ0) is 28.5. The van der Waals surface area contributed by atoms with Crippen molar-refractivity contribution < 1.29 is 19.4 Å². The molecule has 0 saturated carbocycles. The lowest BCUT2D eigenvalue weighted by atomic mass is 10.1. The van der Waals surface area contributed by atoms with Crippen LogP contribution in [0.2, 0.25) is 0 Å². The van der Waals surface area contributed by atoms with Crippen molar-refractivity contribution in [2.24, 2.45) is 0 Å². The number of imidazole rings is 1. The van der Waals surface area contributed by atoms with E-state index in [9.17, 15) is 9.90 Å². The number of aromatic nitrogens is 3. The number of carbonyl (C=O) groups is 1. The first-order valence-electron chi connectivity index (χ1n) is 14.5. The van der Waals surface area contributed by atoms with Crippen molar-refractivity contribution >= 4 is 33.6 Å². The Morgan fingerprint density at radius 3 is 2.50 bits per heavy atom. The van der Waals surface area contributed by atoms with Crippen LogP contribution >= 0.6 is 0 Å². The van der Waals surface area contributed by atoms with Crippen LogP contribution in [0.15, 0.2) is 78.9 Å². The molecule has 2 aliphatic rings. The SMILES string of the molecule is O=C(O)c1ccc2nc(CN3CCN(c4cc5ccccc5c(OCc5ccccc5)n4)CC3)n(C[C@@H]3CCO3)c2c1. The Labute approximate surface area is 243 Å². The summed E-state index contributed by atoms with van der Waals surface area (Å²) in [6.45, 7) is 6.00. The average molecular weight is 564 g/mol. The second-order valence-corrected chi connectivity index (χ2v) is 11.0. The van der Waals surface area contributed by atoms with Crippen LogP contribution in [0.1, 0.15) is 28.2 Å². The number of fused-ring (bicyclic) bond motifs is 2. The van der Waals surface area contributed by atoms with Crippen molar-refractivity contribution in [1.29, 1.82) is 0 Å². The largest absolute Gasteiger partial charge is 0.478 e. The molecule has 2 aromatic heterocycles. The molecule has 0 radical (unpaired) electrons. The fourth-order valence-electron chi connectivity index (χ4n) is 5.75. The Balaban J connectivity index is 1.08. The van der Waals surface area contributed by atoms with E-state index < -0.39 is 5.97 Å². The fourth-order valence-corrected chi connectivity index (χ4v) is 5.75. The van der Waals surface area contributed by atoms with E-state index in [1.807, 2.05) is 30.3 Å². The lowest BCUT2D eigenvalue weighted by Gasteiger charge is -2.35. The minimum atomic E-state index is -0.932. The molecule has 9 heteroatoms. The fraction of sp³-hybridized carbons (Fsp3) is 0.303. The normalized spacial score (nSPS) is 17.4. The lowest BCUT2D eigenvalue weighted by Crippen LogP contribution is -2.46. The summed E-state index contributed by atoms with van der Waals surface area (Å²) in [7, 11) is 0. The number of benzene rings is 3. The first-order chi connectivity index (χ1) is 20.6. The molecule has 214 valence electrons. The summed E-state index contributed by atoms with van der Waals surface area (Å²) < 4.78 is 14.1. The highest BCUT2D eigenvalue weighted by Crippen LogP contribution is 2.30. The van der Waals surface area contributed by atoms with Gasteiger partial charge in [-0.05, 0) is 47.7 Å². The van der Waals surface area contributed by atoms with Gasteiger partial charge in [0.1, 0.15) is 18.2 Å². The van der Waals surface area contributed by atoms with Crippen LogP contribution in [-0.4, -0.2) is 69.4 Å². The van der Waals surface area contributed by atoms with E-state index in [1.165, 1.54) is 0 Å². The maximum Gasteiger partial charge on any atom is 0.335 e. The van der Waals surface area contributed by atoms with Gasteiger partial charge < -0.3 is 24.0 Å². The topological polar surface area (TPSA) is 93.0 Å². The smallest absolute Gasteiger partial charge is 0.335 e. The zero-order valence-corrected chi connectivity index (χ0v) is 23.4. The van der Waals surface area contributed by atoms with E-state index in [-0.39, 0.29) is 11.7 Å². The number of carboxylic acid groups (broad SMARTS) is 1. The molecular formula is C33H33N5O4. The second-order valence-electron chi connectivity index (χ2n) is 11.0. The first kappa shape index (κ1) is 26.4. The standard InChI is InChI=1S/C33H33N5O4/c39-33(40)25-10-11-28-29(18-25)38(20-26-12-17-41-26)31(34-28)21-36-13-15-37(16-14-36)30-19-24-8-4-5-9-27(24)32(35-30)42-22-23-6-2-1-3-7-23/h1-11,18-19,26H,12-17,20-22H2,(H,39,40)/t26-/m0/s1. The molecule has 2 saturated heterocycles. The first-order valence-corrected chi connectivity index (χ1v) is 14.5. The van der Waals surface area contributed by atoms with E-state index in [2.05, 4.69) is 44.7 Å². The number of pyridine rings is 1. The number of ether oxygens (including phenoxy) is 2. The van der Waals surface area contributed by atoms with Gasteiger partial charge in [-0.2, -0.15) is 4.98 Å². The van der Waals surface area contributed by atoms with Crippen molar-refractivity contribution in [3.63, 3.8) is 0 Å². The Bertz CT molecular complexity index is 1730. The van der Waals surface area contributed by atoms with E-state index in [0.29, 0.717) is 25.6 Å². The molecule has 0 aliphatic carbocycles. The Hall–Kier alpha value is -4.47. The molecule has 0 spiro atoms. The monoisotopic (exact) mass is 563 g/mol. The number of carboxylic acids is 1. The third-order valence-corrected chi connectivity index (χ3v) is 8.23. The van der Waals surface area contributed by atoms with Crippen molar-refractivity contribution in [1.82, 2.24) is 19.4 Å². The molecule has 1 atom stereocenters. The molecule has 2 fully saturated rings. The minimum absolute atomic E-state index is 0.142. The van der Waals surface area contributed by atoms with Crippen LogP contribution in [0.3, 0.4) is 0 Å². The summed E-state index contributed by atoms with van der Waals surface area (Å²) >= 11 is 0. The molecule has 0 amide bonds. The molecule has 42 heavy (non-hydrogen) atoms. The third kappa shape index (κ3) is 5.41. The number of aromatic carboxylic acids is 1. The second kappa shape index (κ2) is 11.4. The number of nitrogens with zero attached hydrogens (tertiary/aromatic N) is 5. The Morgan fingerprint density at radius 1 is 0.952 bits per heavy atom. The predicted molar refractivity (Wildman–Crippen MR) is 161 cm³/mol. The van der Waals surface area contributed by atoms with Gasteiger partial charge in [-0.3, -0.25) is 4.90 Å². The molecule has 5 aromatic rings. The molecule has 0 bridgehead atoms.